The van der Waals surface area contributed by atoms with Crippen LogP contribution in [0.1, 0.15) is 24.7 Å². The second-order valence-electron chi connectivity index (χ2n) is 5.37. The summed E-state index contributed by atoms with van der Waals surface area (Å²) in [5.41, 5.74) is 10.4. The average Bonchev–Trinajstić information content (AvgIpc) is 2.84. The van der Waals surface area contributed by atoms with Gasteiger partial charge >= 0.3 is 0 Å². The highest BCUT2D eigenvalue weighted by molar-refractivity contribution is 5.75. The van der Waals surface area contributed by atoms with E-state index in [4.69, 9.17) is 10.7 Å². The van der Waals surface area contributed by atoms with Crippen molar-refractivity contribution in [1.29, 1.82) is 0 Å². The second-order valence-corrected chi connectivity index (χ2v) is 5.37. The molecule has 0 fully saturated rings. The molecule has 0 radical (unpaired) electrons. The molecular formula is C18H21N3. The third-order valence-corrected chi connectivity index (χ3v) is 3.87. The molecule has 2 N–H and O–H groups in total. The summed E-state index contributed by atoms with van der Waals surface area (Å²) in [4.78, 5) is 4.77. The molecule has 1 aromatic heterocycles. The summed E-state index contributed by atoms with van der Waals surface area (Å²) in [7, 11) is 0. The Morgan fingerprint density at radius 3 is 2.57 bits per heavy atom. The lowest BCUT2D eigenvalue weighted by molar-refractivity contribution is 0.659. The van der Waals surface area contributed by atoms with E-state index in [1.54, 1.807) is 0 Å². The van der Waals surface area contributed by atoms with Gasteiger partial charge in [0.15, 0.2) is 0 Å². The first-order chi connectivity index (χ1) is 10.3. The van der Waals surface area contributed by atoms with E-state index >= 15 is 0 Å². The number of nitrogens with two attached hydrogens (primary N) is 1. The van der Waals surface area contributed by atoms with Crippen LogP contribution in [0.4, 0.5) is 5.69 Å². The Morgan fingerprint density at radius 2 is 1.76 bits per heavy atom. The maximum Gasteiger partial charge on any atom is 0.109 e. The van der Waals surface area contributed by atoms with Crippen LogP contribution in [0.15, 0.2) is 48.5 Å². The minimum atomic E-state index is 0.874. The summed E-state index contributed by atoms with van der Waals surface area (Å²) in [5, 5.41) is 0. The first-order valence-electron chi connectivity index (χ1n) is 7.57. The third kappa shape index (κ3) is 2.77. The van der Waals surface area contributed by atoms with E-state index in [0.29, 0.717) is 0 Å². The van der Waals surface area contributed by atoms with Crippen molar-refractivity contribution in [2.24, 2.45) is 0 Å². The Bertz CT molecular complexity index is 743. The van der Waals surface area contributed by atoms with Crippen molar-refractivity contribution in [2.45, 2.75) is 32.7 Å². The number of nitrogens with zero attached hydrogens (tertiary/aromatic N) is 2. The molecule has 21 heavy (non-hydrogen) atoms. The van der Waals surface area contributed by atoms with Gasteiger partial charge in [0.2, 0.25) is 0 Å². The molecule has 0 aliphatic rings. The highest BCUT2D eigenvalue weighted by Crippen LogP contribution is 2.19. The van der Waals surface area contributed by atoms with Gasteiger partial charge in [0, 0.05) is 18.7 Å². The monoisotopic (exact) mass is 279 g/mol. The van der Waals surface area contributed by atoms with E-state index in [0.717, 1.165) is 37.0 Å². The zero-order valence-corrected chi connectivity index (χ0v) is 12.4. The third-order valence-electron chi connectivity index (χ3n) is 3.87. The van der Waals surface area contributed by atoms with Crippen LogP contribution in [-0.4, -0.2) is 9.55 Å². The Morgan fingerprint density at radius 1 is 1.00 bits per heavy atom. The van der Waals surface area contributed by atoms with E-state index in [9.17, 15) is 0 Å². The van der Waals surface area contributed by atoms with E-state index < -0.39 is 0 Å². The first-order valence-corrected chi connectivity index (χ1v) is 7.57. The molecule has 0 spiro atoms. The van der Waals surface area contributed by atoms with E-state index in [2.05, 4.69) is 35.8 Å². The Balaban J connectivity index is 1.92. The average molecular weight is 279 g/mol. The van der Waals surface area contributed by atoms with Gasteiger partial charge in [0.05, 0.1) is 11.0 Å². The van der Waals surface area contributed by atoms with Crippen LogP contribution in [-0.2, 0) is 19.4 Å². The lowest BCUT2D eigenvalue weighted by Crippen LogP contribution is -2.07. The van der Waals surface area contributed by atoms with Crippen LogP contribution < -0.4 is 5.73 Å². The number of para-hydroxylation sites is 3. The van der Waals surface area contributed by atoms with Crippen LogP contribution >= 0.6 is 0 Å². The number of anilines is 1. The van der Waals surface area contributed by atoms with Crippen molar-refractivity contribution >= 4 is 16.7 Å². The summed E-state index contributed by atoms with van der Waals surface area (Å²) in [6, 6.07) is 16.5. The summed E-state index contributed by atoms with van der Waals surface area (Å²) in [6.07, 6.45) is 3.06. The van der Waals surface area contributed by atoms with Crippen molar-refractivity contribution in [3.63, 3.8) is 0 Å². The Labute approximate surface area is 125 Å². The van der Waals surface area contributed by atoms with Crippen molar-refractivity contribution in [1.82, 2.24) is 9.55 Å². The minimum absolute atomic E-state index is 0.874. The van der Waals surface area contributed by atoms with Crippen LogP contribution in [0.5, 0.6) is 0 Å². The zero-order valence-electron chi connectivity index (χ0n) is 12.4. The summed E-state index contributed by atoms with van der Waals surface area (Å²) >= 11 is 0. The molecule has 0 atom stereocenters. The molecule has 3 heteroatoms. The minimum Gasteiger partial charge on any atom is -0.399 e. The Kier molecular flexibility index (Phi) is 3.91. The molecule has 0 unspecified atom stereocenters. The van der Waals surface area contributed by atoms with Gasteiger partial charge in [-0.15, -0.1) is 0 Å². The van der Waals surface area contributed by atoms with Gasteiger partial charge in [0.25, 0.3) is 0 Å². The lowest BCUT2D eigenvalue weighted by atomic mass is 10.1. The number of fused-ring (bicyclic) bond motifs is 1. The number of hydrogen-bond acceptors (Lipinski definition) is 2. The lowest BCUT2D eigenvalue weighted by Gasteiger charge is -2.10. The molecule has 2 aromatic carbocycles. The maximum atomic E-state index is 6.04. The van der Waals surface area contributed by atoms with Crippen molar-refractivity contribution in [3.8, 4) is 0 Å². The van der Waals surface area contributed by atoms with Crippen molar-refractivity contribution < 1.29 is 0 Å². The summed E-state index contributed by atoms with van der Waals surface area (Å²) < 4.78 is 2.34. The summed E-state index contributed by atoms with van der Waals surface area (Å²) in [6.45, 7) is 3.11. The second kappa shape index (κ2) is 6.00. The molecule has 0 amide bonds. The molecule has 0 bridgehead atoms. The topological polar surface area (TPSA) is 43.8 Å². The maximum absolute atomic E-state index is 6.04. The van der Waals surface area contributed by atoms with Gasteiger partial charge in [-0.2, -0.15) is 0 Å². The van der Waals surface area contributed by atoms with Gasteiger partial charge < -0.3 is 10.3 Å². The van der Waals surface area contributed by atoms with Crippen molar-refractivity contribution in [3.05, 3.63) is 59.9 Å². The van der Waals surface area contributed by atoms with Crippen molar-refractivity contribution in [2.75, 3.05) is 5.73 Å². The predicted octanol–water partition coefficient (Wildman–Crippen LogP) is 3.81. The van der Waals surface area contributed by atoms with Gasteiger partial charge in [-0.1, -0.05) is 37.3 Å². The first kappa shape index (κ1) is 13.7. The smallest absolute Gasteiger partial charge is 0.109 e. The molecule has 0 aliphatic carbocycles. The summed E-state index contributed by atoms with van der Waals surface area (Å²) in [5.74, 6) is 1.17. The fourth-order valence-corrected chi connectivity index (χ4v) is 2.78. The number of aryl methyl sites for hydroxylation is 3. The molecule has 0 saturated carbocycles. The van der Waals surface area contributed by atoms with Crippen LogP contribution in [0, 0.1) is 0 Å². The quantitative estimate of drug-likeness (QED) is 0.722. The number of rotatable bonds is 5. The molecule has 108 valence electrons. The normalized spacial score (nSPS) is 11.1. The highest BCUT2D eigenvalue weighted by atomic mass is 15.1. The van der Waals surface area contributed by atoms with Gasteiger partial charge in [-0.3, -0.25) is 0 Å². The molecule has 0 aliphatic heterocycles. The fourth-order valence-electron chi connectivity index (χ4n) is 2.78. The molecular weight excluding hydrogens is 258 g/mol. The Hall–Kier alpha value is -2.29. The number of hydrogen-bond donors (Lipinski definition) is 1. The van der Waals surface area contributed by atoms with E-state index in [-0.39, 0.29) is 0 Å². The number of benzene rings is 2. The molecule has 0 saturated heterocycles. The molecule has 3 nitrogen and oxygen atoms in total. The largest absolute Gasteiger partial charge is 0.399 e. The fraction of sp³-hybridized carbons (Fsp3) is 0.278. The van der Waals surface area contributed by atoms with Crippen LogP contribution in [0.2, 0.25) is 0 Å². The number of aromatic nitrogens is 2. The molecule has 3 rings (SSSR count). The molecule has 1 heterocycles. The number of imidazole rings is 1. The molecule has 3 aromatic rings. The van der Waals surface area contributed by atoms with Gasteiger partial charge in [0.1, 0.15) is 5.82 Å². The predicted molar refractivity (Wildman–Crippen MR) is 88.3 cm³/mol. The SMILES string of the molecule is CCCc1nc2ccccc2n1CCc1ccccc1N. The van der Waals surface area contributed by atoms with E-state index in [1.807, 2.05) is 24.3 Å². The van der Waals surface area contributed by atoms with E-state index in [1.165, 1.54) is 16.9 Å². The standard InChI is InChI=1S/C18H21N3/c1-2-7-18-20-16-10-5-6-11-17(16)21(18)13-12-14-8-3-4-9-15(14)19/h3-6,8-11H,2,7,12-13,19H2,1H3. The highest BCUT2D eigenvalue weighted by Gasteiger charge is 2.10. The van der Waals surface area contributed by atoms with Crippen LogP contribution in [0.3, 0.4) is 0 Å². The number of nitrogen functional groups attached to an aromatic ring is 1. The van der Waals surface area contributed by atoms with Gasteiger partial charge in [-0.25, -0.2) is 4.98 Å². The zero-order chi connectivity index (χ0) is 14.7. The van der Waals surface area contributed by atoms with Crippen LogP contribution in [0.25, 0.3) is 11.0 Å². The van der Waals surface area contributed by atoms with Gasteiger partial charge in [-0.05, 0) is 36.6 Å².